The van der Waals surface area contributed by atoms with E-state index in [0.717, 1.165) is 0 Å². The van der Waals surface area contributed by atoms with Gasteiger partial charge >= 0.3 is 5.97 Å². The van der Waals surface area contributed by atoms with Crippen molar-refractivity contribution in [3.05, 3.63) is 34.9 Å². The molecule has 2 rings (SSSR count). The summed E-state index contributed by atoms with van der Waals surface area (Å²) < 4.78 is 0. The van der Waals surface area contributed by atoms with Crippen LogP contribution in [0.3, 0.4) is 0 Å². The molecule has 4 nitrogen and oxygen atoms in total. The monoisotopic (exact) mass is 237 g/mol. The molecule has 0 radical (unpaired) electrons. The number of nitrogen functional groups attached to an aromatic ring is 1. The number of hydrogen-bond acceptors (Lipinski definition) is 3. The van der Waals surface area contributed by atoms with E-state index in [0.29, 0.717) is 15.8 Å². The average Bonchev–Trinajstić information content (AvgIpc) is 2.19. The van der Waals surface area contributed by atoms with Crippen molar-refractivity contribution in [2.24, 2.45) is 0 Å². The van der Waals surface area contributed by atoms with E-state index in [2.05, 4.69) is 0 Å². The van der Waals surface area contributed by atoms with Gasteiger partial charge in [0.1, 0.15) is 5.56 Å². The van der Waals surface area contributed by atoms with Crippen LogP contribution in [0.25, 0.3) is 10.8 Å². The van der Waals surface area contributed by atoms with Crippen molar-refractivity contribution in [3.63, 3.8) is 0 Å². The highest BCUT2D eigenvalue weighted by molar-refractivity contribution is 6.31. The van der Waals surface area contributed by atoms with E-state index in [9.17, 15) is 9.90 Å². The SMILES string of the molecule is Nc1cc2cc(Cl)ccc2c(C(=O)O)c1O. The van der Waals surface area contributed by atoms with Crippen LogP contribution in [0.1, 0.15) is 10.4 Å². The Morgan fingerprint density at radius 1 is 1.31 bits per heavy atom. The topological polar surface area (TPSA) is 83.6 Å². The molecule has 0 aliphatic carbocycles. The molecule has 82 valence electrons. The molecule has 0 atom stereocenters. The van der Waals surface area contributed by atoms with Crippen LogP contribution in [0.4, 0.5) is 5.69 Å². The van der Waals surface area contributed by atoms with Gasteiger partial charge in [-0.2, -0.15) is 0 Å². The fourth-order valence-corrected chi connectivity index (χ4v) is 1.79. The minimum absolute atomic E-state index is 0.0205. The first-order chi connectivity index (χ1) is 7.50. The average molecular weight is 238 g/mol. The molecule has 0 spiro atoms. The van der Waals surface area contributed by atoms with Crippen molar-refractivity contribution < 1.29 is 15.0 Å². The lowest BCUT2D eigenvalue weighted by atomic mass is 10.0. The Labute approximate surface area is 95.9 Å². The third kappa shape index (κ3) is 1.53. The largest absolute Gasteiger partial charge is 0.505 e. The van der Waals surface area contributed by atoms with Crippen LogP contribution in [0.15, 0.2) is 24.3 Å². The van der Waals surface area contributed by atoms with Gasteiger partial charge in [0.05, 0.1) is 5.69 Å². The third-order valence-electron chi connectivity index (χ3n) is 2.32. The van der Waals surface area contributed by atoms with E-state index in [1.54, 1.807) is 18.2 Å². The van der Waals surface area contributed by atoms with Crippen LogP contribution >= 0.6 is 11.6 Å². The van der Waals surface area contributed by atoms with Crippen LogP contribution < -0.4 is 5.73 Å². The Bertz CT molecular complexity index is 595. The predicted molar refractivity (Wildman–Crippen MR) is 62.0 cm³/mol. The zero-order valence-electron chi connectivity index (χ0n) is 8.07. The molecule has 0 unspecified atom stereocenters. The van der Waals surface area contributed by atoms with E-state index in [1.807, 2.05) is 0 Å². The molecule has 2 aromatic carbocycles. The van der Waals surface area contributed by atoms with Gasteiger partial charge < -0.3 is 15.9 Å². The summed E-state index contributed by atoms with van der Waals surface area (Å²) in [5, 5.41) is 20.1. The van der Waals surface area contributed by atoms with Gasteiger partial charge in [-0.05, 0) is 23.6 Å². The fourth-order valence-electron chi connectivity index (χ4n) is 1.60. The number of fused-ring (bicyclic) bond motifs is 1. The number of rotatable bonds is 1. The number of carbonyl (C=O) groups is 1. The zero-order valence-corrected chi connectivity index (χ0v) is 8.82. The zero-order chi connectivity index (χ0) is 11.9. The molecule has 0 heterocycles. The Hall–Kier alpha value is -1.94. The summed E-state index contributed by atoms with van der Waals surface area (Å²) in [4.78, 5) is 11.0. The highest BCUT2D eigenvalue weighted by Crippen LogP contribution is 2.34. The Morgan fingerprint density at radius 2 is 2.00 bits per heavy atom. The maximum Gasteiger partial charge on any atom is 0.340 e. The third-order valence-corrected chi connectivity index (χ3v) is 2.55. The molecular weight excluding hydrogens is 230 g/mol. The molecule has 0 bridgehead atoms. The molecule has 0 amide bonds. The first-order valence-corrected chi connectivity index (χ1v) is 4.82. The molecule has 16 heavy (non-hydrogen) atoms. The second-order valence-corrected chi connectivity index (χ2v) is 3.80. The molecular formula is C11H8ClNO3. The summed E-state index contributed by atoms with van der Waals surface area (Å²) >= 11 is 5.79. The lowest BCUT2D eigenvalue weighted by Crippen LogP contribution is -2.01. The van der Waals surface area contributed by atoms with Gasteiger partial charge in [-0.25, -0.2) is 4.79 Å². The van der Waals surface area contributed by atoms with Gasteiger partial charge in [0, 0.05) is 10.4 Å². The van der Waals surface area contributed by atoms with Crippen molar-refractivity contribution in [1.82, 2.24) is 0 Å². The van der Waals surface area contributed by atoms with E-state index in [4.69, 9.17) is 22.4 Å². The highest BCUT2D eigenvalue weighted by atomic mass is 35.5. The van der Waals surface area contributed by atoms with Crippen molar-refractivity contribution in [3.8, 4) is 5.75 Å². The number of phenols is 1. The number of aromatic hydroxyl groups is 1. The highest BCUT2D eigenvalue weighted by Gasteiger charge is 2.17. The number of aromatic carboxylic acids is 1. The maximum atomic E-state index is 11.0. The maximum absolute atomic E-state index is 11.0. The Balaban J connectivity index is 2.94. The first-order valence-electron chi connectivity index (χ1n) is 4.44. The molecule has 0 aliphatic rings. The van der Waals surface area contributed by atoms with Crippen LogP contribution in [0.2, 0.25) is 5.02 Å². The summed E-state index contributed by atoms with van der Waals surface area (Å²) in [6, 6.07) is 6.19. The summed E-state index contributed by atoms with van der Waals surface area (Å²) in [6.45, 7) is 0. The number of nitrogens with two attached hydrogens (primary N) is 1. The van der Waals surface area contributed by atoms with Crippen LogP contribution in [0.5, 0.6) is 5.75 Å². The lowest BCUT2D eigenvalue weighted by molar-refractivity contribution is 0.0696. The summed E-state index contributed by atoms with van der Waals surface area (Å²) in [7, 11) is 0. The summed E-state index contributed by atoms with van der Waals surface area (Å²) in [5.74, 6) is -1.64. The lowest BCUT2D eigenvalue weighted by Gasteiger charge is -2.08. The normalized spacial score (nSPS) is 10.6. The Kier molecular flexibility index (Phi) is 2.36. The minimum atomic E-state index is -1.22. The van der Waals surface area contributed by atoms with Crippen molar-refractivity contribution in [2.45, 2.75) is 0 Å². The molecule has 0 saturated carbocycles. The second kappa shape index (κ2) is 3.57. The summed E-state index contributed by atoms with van der Waals surface area (Å²) in [6.07, 6.45) is 0. The summed E-state index contributed by atoms with van der Waals surface area (Å²) in [5.41, 5.74) is 5.34. The van der Waals surface area contributed by atoms with Gasteiger partial charge in [0.25, 0.3) is 0 Å². The number of carboxylic acid groups (broad SMARTS) is 1. The van der Waals surface area contributed by atoms with E-state index >= 15 is 0 Å². The van der Waals surface area contributed by atoms with Crippen molar-refractivity contribution >= 4 is 34.0 Å². The molecule has 4 N–H and O–H groups in total. The van der Waals surface area contributed by atoms with Crippen LogP contribution in [0, 0.1) is 0 Å². The fraction of sp³-hybridized carbons (Fsp3) is 0. The molecule has 5 heteroatoms. The van der Waals surface area contributed by atoms with E-state index in [-0.39, 0.29) is 11.3 Å². The first kappa shape index (κ1) is 10.6. The Morgan fingerprint density at radius 3 is 2.62 bits per heavy atom. The molecule has 0 aliphatic heterocycles. The van der Waals surface area contributed by atoms with Gasteiger partial charge in [-0.3, -0.25) is 0 Å². The number of carboxylic acids is 1. The van der Waals surface area contributed by atoms with Gasteiger partial charge in [0.2, 0.25) is 0 Å². The van der Waals surface area contributed by atoms with Crippen molar-refractivity contribution in [1.29, 1.82) is 0 Å². The second-order valence-electron chi connectivity index (χ2n) is 3.36. The van der Waals surface area contributed by atoms with Crippen molar-refractivity contribution in [2.75, 3.05) is 5.73 Å². The molecule has 0 saturated heterocycles. The smallest absolute Gasteiger partial charge is 0.340 e. The predicted octanol–water partition coefficient (Wildman–Crippen LogP) is 2.48. The van der Waals surface area contributed by atoms with Gasteiger partial charge in [-0.1, -0.05) is 17.7 Å². The molecule has 2 aromatic rings. The number of hydrogen-bond donors (Lipinski definition) is 3. The standard InChI is InChI=1S/C11H8ClNO3/c12-6-1-2-7-5(3-6)4-8(13)10(14)9(7)11(15)16/h1-4,14H,13H2,(H,15,16). The minimum Gasteiger partial charge on any atom is -0.505 e. The quantitative estimate of drug-likeness (QED) is 0.526. The van der Waals surface area contributed by atoms with Crippen LogP contribution in [-0.4, -0.2) is 16.2 Å². The number of halogens is 1. The van der Waals surface area contributed by atoms with Crippen LogP contribution in [-0.2, 0) is 0 Å². The molecule has 0 aromatic heterocycles. The molecule has 0 fully saturated rings. The van der Waals surface area contributed by atoms with E-state index in [1.165, 1.54) is 6.07 Å². The van der Waals surface area contributed by atoms with Gasteiger partial charge in [0.15, 0.2) is 5.75 Å². The van der Waals surface area contributed by atoms with E-state index < -0.39 is 11.7 Å². The van der Waals surface area contributed by atoms with Gasteiger partial charge in [-0.15, -0.1) is 0 Å². The number of anilines is 1. The number of benzene rings is 2.